The van der Waals surface area contributed by atoms with Crippen molar-refractivity contribution >= 4 is 17.3 Å². The molecule has 3 aromatic carbocycles. The smallest absolute Gasteiger partial charge is 0.421 e. The van der Waals surface area contributed by atoms with Gasteiger partial charge in [0, 0.05) is 5.56 Å². The van der Waals surface area contributed by atoms with Gasteiger partial charge in [0.1, 0.15) is 23.0 Å². The molecule has 0 fully saturated rings. The molecule has 210 valence electrons. The second kappa shape index (κ2) is 10.5. The summed E-state index contributed by atoms with van der Waals surface area (Å²) in [6, 6.07) is 16.8. The molecule has 0 amide bonds. The lowest BCUT2D eigenvalue weighted by Gasteiger charge is -2.20. The van der Waals surface area contributed by atoms with Crippen LogP contribution < -0.4 is 11.2 Å². The molecule has 5 aromatic rings. The number of benzene rings is 3. The van der Waals surface area contributed by atoms with Gasteiger partial charge in [-0.1, -0.05) is 24.3 Å². The lowest BCUT2D eigenvalue weighted by atomic mass is 10.2. The molecule has 0 saturated heterocycles. The minimum atomic E-state index is -0.948. The van der Waals surface area contributed by atoms with Gasteiger partial charge in [-0.3, -0.25) is 13.9 Å². The fourth-order valence-electron chi connectivity index (χ4n) is 4.45. The van der Waals surface area contributed by atoms with E-state index in [2.05, 4.69) is 4.98 Å². The summed E-state index contributed by atoms with van der Waals surface area (Å²) in [5.41, 5.74) is -1.88. The first-order valence-corrected chi connectivity index (χ1v) is 12.7. The van der Waals surface area contributed by atoms with Gasteiger partial charge in [-0.05, 0) is 80.4 Å². The van der Waals surface area contributed by atoms with Crippen LogP contribution in [0, 0.1) is 11.6 Å². The number of phenols is 1. The number of halogens is 2. The van der Waals surface area contributed by atoms with E-state index in [1.54, 1.807) is 32.9 Å². The molecule has 41 heavy (non-hydrogen) atoms. The van der Waals surface area contributed by atoms with Crippen LogP contribution in [0.1, 0.15) is 31.9 Å². The van der Waals surface area contributed by atoms with Crippen molar-refractivity contribution < 1.29 is 23.4 Å². The van der Waals surface area contributed by atoms with Gasteiger partial charge in [-0.25, -0.2) is 27.9 Å². The van der Waals surface area contributed by atoms with Crippen LogP contribution in [-0.4, -0.2) is 35.5 Å². The monoisotopic (exact) mass is 560 g/mol. The highest BCUT2D eigenvalue weighted by Crippen LogP contribution is 2.26. The second-order valence-corrected chi connectivity index (χ2v) is 10.5. The third-order valence-electron chi connectivity index (χ3n) is 6.19. The van der Waals surface area contributed by atoms with E-state index in [1.165, 1.54) is 60.7 Å². The maximum atomic E-state index is 14.1. The van der Waals surface area contributed by atoms with Crippen molar-refractivity contribution in [3.8, 4) is 17.1 Å². The summed E-state index contributed by atoms with van der Waals surface area (Å²) < 4.78 is 36.7. The minimum absolute atomic E-state index is 0.0118. The summed E-state index contributed by atoms with van der Waals surface area (Å²) in [4.78, 5) is 45.9. The lowest BCUT2D eigenvalue weighted by molar-refractivity contribution is 0.0546. The van der Waals surface area contributed by atoms with Crippen LogP contribution in [0.5, 0.6) is 5.75 Å². The van der Waals surface area contributed by atoms with Crippen molar-refractivity contribution in [3.63, 3.8) is 0 Å². The van der Waals surface area contributed by atoms with Gasteiger partial charge in [-0.15, -0.1) is 0 Å². The van der Waals surface area contributed by atoms with Gasteiger partial charge in [0.15, 0.2) is 17.0 Å². The summed E-state index contributed by atoms with van der Waals surface area (Å²) in [6.07, 6.45) is -0.923. The van der Waals surface area contributed by atoms with E-state index in [-0.39, 0.29) is 35.8 Å². The molecule has 2 heterocycles. The first-order valence-electron chi connectivity index (χ1n) is 12.7. The van der Waals surface area contributed by atoms with E-state index < -0.39 is 34.6 Å². The molecule has 0 radical (unpaired) electrons. The van der Waals surface area contributed by atoms with Gasteiger partial charge in [0.05, 0.1) is 13.1 Å². The maximum absolute atomic E-state index is 14.1. The third kappa shape index (κ3) is 5.65. The van der Waals surface area contributed by atoms with Gasteiger partial charge in [-0.2, -0.15) is 0 Å². The Morgan fingerprint density at radius 2 is 1.44 bits per heavy atom. The van der Waals surface area contributed by atoms with Crippen LogP contribution in [0.3, 0.4) is 0 Å². The van der Waals surface area contributed by atoms with Gasteiger partial charge in [0.25, 0.3) is 5.56 Å². The molecule has 0 atom stereocenters. The molecule has 2 aromatic heterocycles. The van der Waals surface area contributed by atoms with E-state index in [1.807, 2.05) is 0 Å². The highest BCUT2D eigenvalue weighted by Gasteiger charge is 2.29. The van der Waals surface area contributed by atoms with E-state index in [0.29, 0.717) is 16.7 Å². The Hall–Kier alpha value is -5.06. The number of aromatic hydroxyl groups is 1. The number of ether oxygens (including phenoxy) is 1. The zero-order valence-corrected chi connectivity index (χ0v) is 22.5. The average molecular weight is 561 g/mol. The van der Waals surface area contributed by atoms with Crippen molar-refractivity contribution in [2.45, 2.75) is 39.5 Å². The lowest BCUT2D eigenvalue weighted by Crippen LogP contribution is -2.41. The summed E-state index contributed by atoms with van der Waals surface area (Å²) in [5, 5.41) is 9.81. The van der Waals surface area contributed by atoms with Crippen molar-refractivity contribution in [2.24, 2.45) is 0 Å². The number of carbonyl (C=O) groups is 1. The largest absolute Gasteiger partial charge is 0.508 e. The molecule has 0 aliphatic rings. The number of fused-ring (bicyclic) bond motifs is 1. The zero-order valence-electron chi connectivity index (χ0n) is 22.5. The summed E-state index contributed by atoms with van der Waals surface area (Å²) in [7, 11) is 0. The van der Waals surface area contributed by atoms with E-state index in [0.717, 1.165) is 13.7 Å². The Morgan fingerprint density at radius 3 is 1.98 bits per heavy atom. The normalized spacial score (nSPS) is 11.6. The van der Waals surface area contributed by atoms with Crippen molar-refractivity contribution in [2.75, 3.05) is 0 Å². The van der Waals surface area contributed by atoms with E-state index in [9.17, 15) is 28.3 Å². The van der Waals surface area contributed by atoms with Crippen LogP contribution in [0.15, 0.2) is 82.4 Å². The molecule has 0 spiro atoms. The number of hydrogen-bond donors (Lipinski definition) is 1. The molecule has 0 saturated carbocycles. The SMILES string of the molecule is CC(C)(C)OC(=O)n1c(-c2ccc(O)cc2)nc2c1c(=O)n(Cc1cccc(F)c1)c(=O)n2Cc1cccc(F)c1. The van der Waals surface area contributed by atoms with Crippen LogP contribution in [0.2, 0.25) is 0 Å². The number of aromatic nitrogens is 4. The second-order valence-electron chi connectivity index (χ2n) is 10.5. The van der Waals surface area contributed by atoms with Crippen molar-refractivity contribution in [1.29, 1.82) is 0 Å². The maximum Gasteiger partial charge on any atom is 0.421 e. The first-order chi connectivity index (χ1) is 19.4. The number of hydrogen-bond acceptors (Lipinski definition) is 6. The Morgan fingerprint density at radius 1 is 0.878 bits per heavy atom. The summed E-state index contributed by atoms with van der Waals surface area (Å²) >= 11 is 0. The van der Waals surface area contributed by atoms with Crippen LogP contribution in [-0.2, 0) is 17.8 Å². The van der Waals surface area contributed by atoms with Crippen LogP contribution >= 0.6 is 0 Å². The van der Waals surface area contributed by atoms with Crippen molar-refractivity contribution in [1.82, 2.24) is 18.7 Å². The highest BCUT2D eigenvalue weighted by molar-refractivity contribution is 5.90. The number of phenolic OH excluding ortho intramolecular Hbond substituents is 1. The minimum Gasteiger partial charge on any atom is -0.508 e. The standard InChI is InChI=1S/C30H26F2N4O5/c1-30(2,3)41-29(40)36-24-26(33-25(36)20-10-12-23(37)13-11-20)34(16-18-6-4-8-21(31)14-18)28(39)35(27(24)38)17-19-7-5-9-22(32)15-19/h4-15,37H,16-17H2,1-3H3. The Kier molecular flexibility index (Phi) is 7.04. The molecular weight excluding hydrogens is 534 g/mol. The number of imidazole rings is 1. The Labute approximate surface area is 232 Å². The van der Waals surface area contributed by atoms with Gasteiger partial charge >= 0.3 is 11.8 Å². The number of rotatable bonds is 5. The van der Waals surface area contributed by atoms with E-state index in [4.69, 9.17) is 4.74 Å². The fourth-order valence-corrected chi connectivity index (χ4v) is 4.45. The number of carbonyl (C=O) groups excluding carboxylic acids is 1. The van der Waals surface area contributed by atoms with Crippen molar-refractivity contribution in [3.05, 3.63) is 116 Å². The Bertz CT molecular complexity index is 1900. The number of nitrogens with zero attached hydrogens (tertiary/aromatic N) is 4. The molecule has 0 aliphatic carbocycles. The first kappa shape index (κ1) is 27.5. The third-order valence-corrected chi connectivity index (χ3v) is 6.19. The van der Waals surface area contributed by atoms with E-state index >= 15 is 0 Å². The predicted octanol–water partition coefficient (Wildman–Crippen LogP) is 4.89. The molecule has 9 nitrogen and oxygen atoms in total. The van der Waals surface area contributed by atoms with Gasteiger partial charge < -0.3 is 9.84 Å². The molecule has 0 bridgehead atoms. The fraction of sp³-hybridized carbons (Fsp3) is 0.200. The molecule has 11 heteroatoms. The summed E-state index contributed by atoms with van der Waals surface area (Å²) in [5.74, 6) is -1.12. The molecule has 0 aliphatic heterocycles. The topological polar surface area (TPSA) is 108 Å². The quantitative estimate of drug-likeness (QED) is 0.328. The molecule has 5 rings (SSSR count). The highest BCUT2D eigenvalue weighted by atomic mass is 19.1. The Balaban J connectivity index is 1.85. The molecular formula is C30H26F2N4O5. The molecule has 0 unspecified atom stereocenters. The predicted molar refractivity (Wildman–Crippen MR) is 148 cm³/mol. The average Bonchev–Trinajstić information content (AvgIpc) is 3.30. The van der Waals surface area contributed by atoms with Gasteiger partial charge in [0.2, 0.25) is 0 Å². The van der Waals surface area contributed by atoms with Crippen LogP contribution in [0.4, 0.5) is 13.6 Å². The van der Waals surface area contributed by atoms with Crippen LogP contribution in [0.25, 0.3) is 22.6 Å². The molecule has 1 N–H and O–H groups in total. The zero-order chi connectivity index (χ0) is 29.5. The summed E-state index contributed by atoms with van der Waals surface area (Å²) in [6.45, 7) is 4.49.